The van der Waals surface area contributed by atoms with E-state index in [-0.39, 0.29) is 29.0 Å². The normalized spacial score (nSPS) is 10.1. The quantitative estimate of drug-likeness (QED) is 0.200. The smallest absolute Gasteiger partial charge is 0.434 e. The maximum absolute atomic E-state index is 12.8. The van der Waals surface area contributed by atoms with Crippen molar-refractivity contribution in [2.24, 2.45) is 0 Å². The second-order valence-corrected chi connectivity index (χ2v) is 5.30. The van der Waals surface area contributed by atoms with Gasteiger partial charge in [-0.15, -0.1) is 0 Å². The zero-order chi connectivity index (χ0) is 18.9. The summed E-state index contributed by atoms with van der Waals surface area (Å²) in [5.74, 6) is -1.62. The SMILES string of the molecule is CCCCOC(=O)Oc1ccccc1C(=O)c1ccccc1C(=O)OO. The predicted molar refractivity (Wildman–Crippen MR) is 91.2 cm³/mol. The Morgan fingerprint density at radius 3 is 2.19 bits per heavy atom. The molecule has 26 heavy (non-hydrogen) atoms. The van der Waals surface area contributed by atoms with Crippen molar-refractivity contribution in [2.75, 3.05) is 6.61 Å². The van der Waals surface area contributed by atoms with Crippen molar-refractivity contribution in [1.29, 1.82) is 0 Å². The first-order valence-electron chi connectivity index (χ1n) is 8.01. The second kappa shape index (κ2) is 9.33. The third-order valence-electron chi connectivity index (χ3n) is 3.52. The Hall–Kier alpha value is -3.19. The van der Waals surface area contributed by atoms with Crippen LogP contribution in [0.5, 0.6) is 5.75 Å². The van der Waals surface area contributed by atoms with Gasteiger partial charge >= 0.3 is 12.1 Å². The fraction of sp³-hybridized carbons (Fsp3) is 0.211. The highest BCUT2D eigenvalue weighted by atomic mass is 17.1. The molecule has 0 radical (unpaired) electrons. The molecule has 7 heteroatoms. The van der Waals surface area contributed by atoms with Gasteiger partial charge in [-0.1, -0.05) is 43.7 Å². The Bertz CT molecular complexity index is 798. The standard InChI is InChI=1S/C19H18O7/c1-2-3-12-24-19(22)25-16-11-7-6-10-15(16)17(20)13-8-4-5-9-14(13)18(21)26-23/h4-11,23H,2-3,12H2,1H3. The fourth-order valence-electron chi connectivity index (χ4n) is 2.22. The first-order valence-corrected chi connectivity index (χ1v) is 8.01. The lowest BCUT2D eigenvalue weighted by atomic mass is 9.98. The average molecular weight is 358 g/mol. The fourth-order valence-corrected chi connectivity index (χ4v) is 2.22. The van der Waals surface area contributed by atoms with E-state index < -0.39 is 17.9 Å². The summed E-state index contributed by atoms with van der Waals surface area (Å²) in [5, 5.41) is 8.59. The maximum Gasteiger partial charge on any atom is 0.513 e. The Morgan fingerprint density at radius 1 is 0.923 bits per heavy atom. The Morgan fingerprint density at radius 2 is 1.54 bits per heavy atom. The van der Waals surface area contributed by atoms with Crippen molar-refractivity contribution >= 4 is 17.9 Å². The van der Waals surface area contributed by atoms with Crippen LogP contribution in [0.2, 0.25) is 0 Å². The molecule has 0 bridgehead atoms. The van der Waals surface area contributed by atoms with Crippen molar-refractivity contribution in [1.82, 2.24) is 0 Å². The van der Waals surface area contributed by atoms with E-state index in [1.807, 2.05) is 6.92 Å². The van der Waals surface area contributed by atoms with Crippen LogP contribution in [0.25, 0.3) is 0 Å². The minimum atomic E-state index is -1.06. The molecule has 0 aromatic heterocycles. The van der Waals surface area contributed by atoms with Crippen molar-refractivity contribution in [3.8, 4) is 5.75 Å². The van der Waals surface area contributed by atoms with Gasteiger partial charge in [0.25, 0.3) is 0 Å². The van der Waals surface area contributed by atoms with Crippen LogP contribution in [-0.2, 0) is 9.62 Å². The largest absolute Gasteiger partial charge is 0.513 e. The molecule has 0 saturated heterocycles. The summed E-state index contributed by atoms with van der Waals surface area (Å²) in [6.45, 7) is 2.17. The van der Waals surface area contributed by atoms with Gasteiger partial charge in [0, 0.05) is 5.56 Å². The molecule has 136 valence electrons. The number of para-hydroxylation sites is 1. The summed E-state index contributed by atoms with van der Waals surface area (Å²) in [6, 6.07) is 11.9. The van der Waals surface area contributed by atoms with Crippen LogP contribution < -0.4 is 4.74 Å². The zero-order valence-electron chi connectivity index (χ0n) is 14.1. The number of ketones is 1. The van der Waals surface area contributed by atoms with Gasteiger partial charge in [-0.3, -0.25) is 9.68 Å². The average Bonchev–Trinajstić information content (AvgIpc) is 2.67. The van der Waals surface area contributed by atoms with Gasteiger partial charge < -0.3 is 9.47 Å². The maximum atomic E-state index is 12.8. The van der Waals surface area contributed by atoms with Gasteiger partial charge in [0.05, 0.1) is 17.7 Å². The highest BCUT2D eigenvalue weighted by Crippen LogP contribution is 2.24. The van der Waals surface area contributed by atoms with Crippen LogP contribution in [0.15, 0.2) is 48.5 Å². The molecule has 0 aliphatic heterocycles. The Balaban J connectivity index is 2.28. The van der Waals surface area contributed by atoms with E-state index in [1.54, 1.807) is 18.2 Å². The minimum Gasteiger partial charge on any atom is -0.434 e. The molecule has 2 rings (SSSR count). The molecule has 2 aromatic carbocycles. The highest BCUT2D eigenvalue weighted by molar-refractivity contribution is 6.15. The van der Waals surface area contributed by atoms with Crippen molar-refractivity contribution < 1.29 is 34.0 Å². The van der Waals surface area contributed by atoms with Crippen LogP contribution in [0.4, 0.5) is 4.79 Å². The predicted octanol–water partition coefficient (Wildman–Crippen LogP) is 3.86. The van der Waals surface area contributed by atoms with Gasteiger partial charge in [0.1, 0.15) is 5.75 Å². The van der Waals surface area contributed by atoms with E-state index in [2.05, 4.69) is 4.89 Å². The number of unbranched alkanes of at least 4 members (excludes halogenated alkanes) is 1. The molecule has 7 nitrogen and oxygen atoms in total. The van der Waals surface area contributed by atoms with E-state index in [0.29, 0.717) is 6.42 Å². The third kappa shape index (κ3) is 4.67. The lowest BCUT2D eigenvalue weighted by molar-refractivity contribution is -0.182. The molecule has 0 fully saturated rings. The summed E-state index contributed by atoms with van der Waals surface area (Å²) < 4.78 is 10.0. The number of carbonyl (C=O) groups is 3. The first-order chi connectivity index (χ1) is 12.6. The molecule has 0 atom stereocenters. The van der Waals surface area contributed by atoms with Crippen LogP contribution in [-0.4, -0.2) is 29.8 Å². The Labute approximate surface area is 150 Å². The van der Waals surface area contributed by atoms with Gasteiger partial charge in [0.2, 0.25) is 0 Å². The number of ether oxygens (including phenoxy) is 2. The summed E-state index contributed by atoms with van der Waals surface area (Å²) in [7, 11) is 0. The van der Waals surface area contributed by atoms with Gasteiger partial charge in [-0.25, -0.2) is 9.59 Å². The summed E-state index contributed by atoms with van der Waals surface area (Å²) in [4.78, 5) is 40.0. The first kappa shape index (κ1) is 19.1. The van der Waals surface area contributed by atoms with E-state index in [1.165, 1.54) is 30.3 Å². The molecule has 0 aliphatic rings. The summed E-state index contributed by atoms with van der Waals surface area (Å²) in [6.07, 6.45) is 0.647. The molecule has 0 amide bonds. The molecule has 0 heterocycles. The van der Waals surface area contributed by atoms with Crippen LogP contribution >= 0.6 is 0 Å². The van der Waals surface area contributed by atoms with Crippen molar-refractivity contribution in [2.45, 2.75) is 19.8 Å². The number of hydrogen-bond donors (Lipinski definition) is 1. The molecule has 0 spiro atoms. The molecule has 1 N–H and O–H groups in total. The summed E-state index contributed by atoms with van der Waals surface area (Å²) >= 11 is 0. The Kier molecular flexibility index (Phi) is 6.87. The lowest BCUT2D eigenvalue weighted by Gasteiger charge is -2.11. The van der Waals surface area contributed by atoms with E-state index in [4.69, 9.17) is 14.7 Å². The zero-order valence-corrected chi connectivity index (χ0v) is 14.1. The van der Waals surface area contributed by atoms with Crippen LogP contribution in [0.1, 0.15) is 46.0 Å². The highest BCUT2D eigenvalue weighted by Gasteiger charge is 2.22. The van der Waals surface area contributed by atoms with Crippen molar-refractivity contribution in [3.05, 3.63) is 65.2 Å². The van der Waals surface area contributed by atoms with E-state index in [0.717, 1.165) is 6.42 Å². The lowest BCUT2D eigenvalue weighted by Crippen LogP contribution is -2.15. The summed E-state index contributed by atoms with van der Waals surface area (Å²) in [5.41, 5.74) is -0.0413. The van der Waals surface area contributed by atoms with E-state index >= 15 is 0 Å². The van der Waals surface area contributed by atoms with Gasteiger partial charge in [-0.05, 0) is 24.6 Å². The third-order valence-corrected chi connectivity index (χ3v) is 3.52. The molecular formula is C19H18O7. The number of benzene rings is 2. The van der Waals surface area contributed by atoms with Gasteiger partial charge in [-0.2, -0.15) is 5.26 Å². The molecular weight excluding hydrogens is 340 g/mol. The molecule has 0 aliphatic carbocycles. The van der Waals surface area contributed by atoms with Crippen LogP contribution in [0.3, 0.4) is 0 Å². The van der Waals surface area contributed by atoms with Crippen LogP contribution in [0, 0.1) is 0 Å². The van der Waals surface area contributed by atoms with Gasteiger partial charge in [0.15, 0.2) is 5.78 Å². The topological polar surface area (TPSA) is 99.1 Å². The molecule has 0 saturated carbocycles. The van der Waals surface area contributed by atoms with Crippen molar-refractivity contribution in [3.63, 3.8) is 0 Å². The molecule has 2 aromatic rings. The van der Waals surface area contributed by atoms with E-state index in [9.17, 15) is 14.4 Å². The number of hydrogen-bond acceptors (Lipinski definition) is 7. The molecule has 0 unspecified atom stereocenters. The minimum absolute atomic E-state index is 0.00181. The number of rotatable bonds is 7. The number of carbonyl (C=O) groups excluding carboxylic acids is 3. The monoisotopic (exact) mass is 358 g/mol. The second-order valence-electron chi connectivity index (χ2n) is 5.30.